The van der Waals surface area contributed by atoms with Gasteiger partial charge in [0.25, 0.3) is 0 Å². The second-order valence-corrected chi connectivity index (χ2v) is 5.92. The fourth-order valence-corrected chi connectivity index (χ4v) is 2.51. The molecule has 0 bridgehead atoms. The average molecular weight is 366 g/mol. The van der Waals surface area contributed by atoms with Gasteiger partial charge in [0, 0.05) is 6.42 Å². The highest BCUT2D eigenvalue weighted by molar-refractivity contribution is 6.65. The molecule has 1 unspecified atom stereocenters. The Hall–Kier alpha value is -2.31. The fraction of sp³-hybridized carbons (Fsp3) is 0.188. The van der Waals surface area contributed by atoms with Crippen molar-refractivity contribution in [3.8, 4) is 5.75 Å². The van der Waals surface area contributed by atoms with Gasteiger partial charge >= 0.3 is 5.97 Å². The summed E-state index contributed by atoms with van der Waals surface area (Å²) < 4.78 is 5.26. The van der Waals surface area contributed by atoms with Crippen LogP contribution >= 0.6 is 23.2 Å². The first-order chi connectivity index (χ1) is 11.5. The molecule has 1 aliphatic heterocycles. The predicted octanol–water partition coefficient (Wildman–Crippen LogP) is 3.94. The standard InChI is InChI=1S/C16H13Cl2N3O3/c17-13-7-6-12(24-21-13)11-8-10(19)14(18)15(20-11)16(22)23-9-4-2-1-3-5-9/h1-5,8,12H,6-7H2,(H2,19,20). The highest BCUT2D eigenvalue weighted by Crippen LogP contribution is 2.31. The van der Waals surface area contributed by atoms with E-state index in [1.807, 2.05) is 6.07 Å². The monoisotopic (exact) mass is 365 g/mol. The van der Waals surface area contributed by atoms with Gasteiger partial charge in [-0.3, -0.25) is 0 Å². The first-order valence-electron chi connectivity index (χ1n) is 7.16. The molecule has 2 N–H and O–H groups in total. The summed E-state index contributed by atoms with van der Waals surface area (Å²) in [6.45, 7) is 0. The summed E-state index contributed by atoms with van der Waals surface area (Å²) in [5, 5.41) is 4.16. The van der Waals surface area contributed by atoms with Crippen LogP contribution < -0.4 is 10.5 Å². The maximum Gasteiger partial charge on any atom is 0.363 e. The third-order valence-corrected chi connectivity index (χ3v) is 4.03. The summed E-state index contributed by atoms with van der Waals surface area (Å²) in [6.07, 6.45) is 0.680. The van der Waals surface area contributed by atoms with Crippen molar-refractivity contribution in [3.63, 3.8) is 0 Å². The normalized spacial score (nSPS) is 16.9. The molecule has 0 saturated heterocycles. The lowest BCUT2D eigenvalue weighted by molar-refractivity contribution is 0.0408. The molecule has 1 aliphatic rings. The maximum atomic E-state index is 12.4. The third kappa shape index (κ3) is 3.60. The van der Waals surface area contributed by atoms with Gasteiger partial charge < -0.3 is 15.3 Å². The zero-order chi connectivity index (χ0) is 17.1. The Morgan fingerprint density at radius 2 is 2.04 bits per heavy atom. The van der Waals surface area contributed by atoms with E-state index in [4.69, 9.17) is 38.5 Å². The van der Waals surface area contributed by atoms with Crippen LogP contribution in [-0.2, 0) is 4.84 Å². The summed E-state index contributed by atoms with van der Waals surface area (Å²) in [5.74, 6) is -0.313. The van der Waals surface area contributed by atoms with Crippen LogP contribution in [0.5, 0.6) is 5.75 Å². The Kier molecular flexibility index (Phi) is 4.87. The second kappa shape index (κ2) is 7.07. The third-order valence-electron chi connectivity index (χ3n) is 3.37. The van der Waals surface area contributed by atoms with Gasteiger partial charge in [0.05, 0.1) is 16.4 Å². The second-order valence-electron chi connectivity index (χ2n) is 5.10. The molecule has 0 amide bonds. The van der Waals surface area contributed by atoms with Crippen molar-refractivity contribution in [3.05, 3.63) is 52.8 Å². The van der Waals surface area contributed by atoms with Crippen molar-refractivity contribution in [1.29, 1.82) is 0 Å². The molecule has 2 heterocycles. The number of nitrogens with two attached hydrogens (primary N) is 1. The number of carbonyl (C=O) groups excluding carboxylic acids is 1. The zero-order valence-electron chi connectivity index (χ0n) is 12.4. The molecule has 1 aromatic carbocycles. The number of para-hydroxylation sites is 1. The van der Waals surface area contributed by atoms with Crippen LogP contribution in [0.15, 0.2) is 41.6 Å². The number of anilines is 1. The molecule has 24 heavy (non-hydrogen) atoms. The van der Waals surface area contributed by atoms with Crippen LogP contribution in [0.25, 0.3) is 0 Å². The van der Waals surface area contributed by atoms with Crippen molar-refractivity contribution in [2.75, 3.05) is 5.73 Å². The van der Waals surface area contributed by atoms with Gasteiger partial charge in [0.2, 0.25) is 0 Å². The first kappa shape index (κ1) is 16.5. The molecule has 6 nitrogen and oxygen atoms in total. The molecule has 0 fully saturated rings. The number of benzene rings is 1. The average Bonchev–Trinajstić information content (AvgIpc) is 2.58. The number of carbonyl (C=O) groups is 1. The van der Waals surface area contributed by atoms with E-state index in [0.29, 0.717) is 29.5 Å². The number of hydrogen-bond acceptors (Lipinski definition) is 6. The molecule has 8 heteroatoms. The van der Waals surface area contributed by atoms with E-state index in [2.05, 4.69) is 10.1 Å². The maximum absolute atomic E-state index is 12.4. The van der Waals surface area contributed by atoms with Crippen molar-refractivity contribution in [1.82, 2.24) is 4.98 Å². The van der Waals surface area contributed by atoms with Crippen LogP contribution in [0.3, 0.4) is 0 Å². The molecule has 0 radical (unpaired) electrons. The lowest BCUT2D eigenvalue weighted by Gasteiger charge is -2.19. The Morgan fingerprint density at radius 1 is 1.29 bits per heavy atom. The Bertz CT molecular complexity index is 797. The minimum absolute atomic E-state index is 0.0389. The summed E-state index contributed by atoms with van der Waals surface area (Å²) >= 11 is 11.9. The van der Waals surface area contributed by atoms with Crippen LogP contribution in [0.4, 0.5) is 5.69 Å². The highest BCUT2D eigenvalue weighted by atomic mass is 35.5. The number of rotatable bonds is 3. The van der Waals surface area contributed by atoms with Crippen molar-refractivity contribution < 1.29 is 14.4 Å². The van der Waals surface area contributed by atoms with Crippen LogP contribution in [0.1, 0.15) is 35.1 Å². The zero-order valence-corrected chi connectivity index (χ0v) is 13.9. The van der Waals surface area contributed by atoms with E-state index in [9.17, 15) is 4.79 Å². The summed E-state index contributed by atoms with van der Waals surface area (Å²) in [4.78, 5) is 21.9. The number of halogens is 2. The topological polar surface area (TPSA) is 86.8 Å². The van der Waals surface area contributed by atoms with E-state index in [1.54, 1.807) is 30.3 Å². The molecular formula is C16H13Cl2N3O3. The quantitative estimate of drug-likeness (QED) is 0.657. The van der Waals surface area contributed by atoms with E-state index < -0.39 is 12.1 Å². The van der Waals surface area contributed by atoms with Gasteiger partial charge in [-0.1, -0.05) is 46.6 Å². The molecule has 2 aromatic rings. The number of nitrogen functional groups attached to an aromatic ring is 1. The van der Waals surface area contributed by atoms with Gasteiger partial charge in [-0.15, -0.1) is 0 Å². The number of esters is 1. The van der Waals surface area contributed by atoms with E-state index in [0.717, 1.165) is 0 Å². The number of oxime groups is 1. The number of aromatic nitrogens is 1. The van der Waals surface area contributed by atoms with Crippen molar-refractivity contribution in [2.45, 2.75) is 18.9 Å². The lowest BCUT2D eigenvalue weighted by Crippen LogP contribution is -2.17. The molecule has 1 atom stereocenters. The van der Waals surface area contributed by atoms with E-state index in [1.165, 1.54) is 0 Å². The van der Waals surface area contributed by atoms with E-state index in [-0.39, 0.29) is 16.4 Å². The highest BCUT2D eigenvalue weighted by Gasteiger charge is 2.25. The van der Waals surface area contributed by atoms with Gasteiger partial charge in [-0.05, 0) is 24.6 Å². The van der Waals surface area contributed by atoms with Gasteiger partial charge in [0.15, 0.2) is 11.8 Å². The van der Waals surface area contributed by atoms with Crippen LogP contribution in [0.2, 0.25) is 5.02 Å². The molecule has 3 rings (SSSR count). The van der Waals surface area contributed by atoms with Crippen molar-refractivity contribution >= 4 is 40.0 Å². The summed E-state index contributed by atoms with van der Waals surface area (Å²) in [7, 11) is 0. The molecular weight excluding hydrogens is 353 g/mol. The molecule has 0 spiro atoms. The minimum Gasteiger partial charge on any atom is -0.422 e. The van der Waals surface area contributed by atoms with Crippen LogP contribution in [0, 0.1) is 0 Å². The lowest BCUT2D eigenvalue weighted by atomic mass is 10.1. The summed E-state index contributed by atoms with van der Waals surface area (Å²) in [6, 6.07) is 10.2. The minimum atomic E-state index is -0.697. The Balaban J connectivity index is 1.88. The number of nitrogens with zero attached hydrogens (tertiary/aromatic N) is 2. The Morgan fingerprint density at radius 3 is 2.71 bits per heavy atom. The van der Waals surface area contributed by atoms with Crippen molar-refractivity contribution in [2.24, 2.45) is 5.16 Å². The summed E-state index contributed by atoms with van der Waals surface area (Å²) in [5.41, 5.74) is 6.48. The van der Waals surface area contributed by atoms with Gasteiger partial charge in [-0.25, -0.2) is 9.78 Å². The SMILES string of the molecule is Nc1cc(C2CCC(Cl)=NO2)nc(C(=O)Oc2ccccc2)c1Cl. The number of pyridine rings is 1. The molecule has 1 aromatic heterocycles. The Labute approximate surface area is 148 Å². The largest absolute Gasteiger partial charge is 0.422 e. The molecule has 0 aliphatic carbocycles. The molecule has 0 saturated carbocycles. The molecule has 124 valence electrons. The smallest absolute Gasteiger partial charge is 0.363 e. The van der Waals surface area contributed by atoms with Gasteiger partial charge in [0.1, 0.15) is 10.9 Å². The van der Waals surface area contributed by atoms with Gasteiger partial charge in [-0.2, -0.15) is 0 Å². The number of hydrogen-bond donors (Lipinski definition) is 1. The van der Waals surface area contributed by atoms with E-state index >= 15 is 0 Å². The number of ether oxygens (including phenoxy) is 1. The predicted molar refractivity (Wildman–Crippen MR) is 91.4 cm³/mol. The first-order valence-corrected chi connectivity index (χ1v) is 7.91. The van der Waals surface area contributed by atoms with Crippen LogP contribution in [-0.4, -0.2) is 16.1 Å². The fourth-order valence-electron chi connectivity index (χ4n) is 2.19.